The van der Waals surface area contributed by atoms with Crippen molar-refractivity contribution in [1.29, 1.82) is 0 Å². The molecule has 1 saturated heterocycles. The van der Waals surface area contributed by atoms with Crippen molar-refractivity contribution in [2.24, 2.45) is 0 Å². The lowest BCUT2D eigenvalue weighted by molar-refractivity contribution is 0.298. The Hall–Kier alpha value is -0.870. The Morgan fingerprint density at radius 2 is 2.25 bits per heavy atom. The van der Waals surface area contributed by atoms with E-state index in [9.17, 15) is 0 Å². The van der Waals surface area contributed by atoms with Crippen molar-refractivity contribution in [3.63, 3.8) is 0 Å². The van der Waals surface area contributed by atoms with E-state index in [1.165, 1.54) is 37.2 Å². The number of aromatic nitrogens is 2. The minimum atomic E-state index is 0.549. The van der Waals surface area contributed by atoms with Crippen LogP contribution in [0.3, 0.4) is 0 Å². The van der Waals surface area contributed by atoms with Gasteiger partial charge in [0.05, 0.1) is 6.20 Å². The molecule has 2 N–H and O–H groups in total. The highest BCUT2D eigenvalue weighted by Crippen LogP contribution is 2.08. The van der Waals surface area contributed by atoms with Crippen molar-refractivity contribution >= 4 is 0 Å². The summed E-state index contributed by atoms with van der Waals surface area (Å²) in [7, 11) is 0. The molecule has 0 amide bonds. The highest BCUT2D eigenvalue weighted by Gasteiger charge is 2.14. The molecule has 1 fully saturated rings. The SMILES string of the molecule is Cc1[nH]ncc1CNC(C)CN1CCCC1. The molecule has 0 radical (unpaired) electrons. The first kappa shape index (κ1) is 11.6. The monoisotopic (exact) mass is 222 g/mol. The van der Waals surface area contributed by atoms with Crippen molar-refractivity contribution in [2.45, 2.75) is 39.3 Å². The molecule has 1 atom stereocenters. The summed E-state index contributed by atoms with van der Waals surface area (Å²) in [6.07, 6.45) is 4.64. The first-order chi connectivity index (χ1) is 7.75. The van der Waals surface area contributed by atoms with Crippen molar-refractivity contribution in [3.05, 3.63) is 17.5 Å². The maximum atomic E-state index is 4.03. The average Bonchev–Trinajstić information content (AvgIpc) is 2.87. The summed E-state index contributed by atoms with van der Waals surface area (Å²) in [6.45, 7) is 8.95. The van der Waals surface area contributed by atoms with Gasteiger partial charge in [0.15, 0.2) is 0 Å². The van der Waals surface area contributed by atoms with Gasteiger partial charge in [-0.3, -0.25) is 5.10 Å². The zero-order valence-corrected chi connectivity index (χ0v) is 10.3. The molecule has 2 heterocycles. The number of rotatable bonds is 5. The van der Waals surface area contributed by atoms with E-state index in [1.54, 1.807) is 0 Å². The summed E-state index contributed by atoms with van der Waals surface area (Å²) in [4.78, 5) is 2.54. The van der Waals surface area contributed by atoms with E-state index < -0.39 is 0 Å². The van der Waals surface area contributed by atoms with Crippen molar-refractivity contribution in [2.75, 3.05) is 19.6 Å². The molecule has 0 aromatic carbocycles. The maximum Gasteiger partial charge on any atom is 0.0535 e. The van der Waals surface area contributed by atoms with E-state index in [4.69, 9.17) is 0 Å². The quantitative estimate of drug-likeness (QED) is 0.789. The third-order valence-corrected chi connectivity index (χ3v) is 3.31. The molecule has 1 unspecified atom stereocenters. The molecular formula is C12H22N4. The Bertz CT molecular complexity index is 315. The van der Waals surface area contributed by atoms with Crippen LogP contribution in [0.5, 0.6) is 0 Å². The molecule has 0 bridgehead atoms. The first-order valence-corrected chi connectivity index (χ1v) is 6.20. The predicted octanol–water partition coefficient (Wildman–Crippen LogP) is 1.29. The second kappa shape index (κ2) is 5.46. The maximum absolute atomic E-state index is 4.03. The lowest BCUT2D eigenvalue weighted by atomic mass is 10.2. The third-order valence-electron chi connectivity index (χ3n) is 3.31. The van der Waals surface area contributed by atoms with Gasteiger partial charge in [0.2, 0.25) is 0 Å². The number of aryl methyl sites for hydroxylation is 1. The standard InChI is InChI=1S/C12H22N4/c1-10(9-16-5-3-4-6-16)13-7-12-8-14-15-11(12)2/h8,10,13H,3-7,9H2,1-2H3,(H,14,15). The molecule has 4 nitrogen and oxygen atoms in total. The first-order valence-electron chi connectivity index (χ1n) is 6.20. The Labute approximate surface area is 97.4 Å². The van der Waals surface area contributed by atoms with Gasteiger partial charge in [-0.25, -0.2) is 0 Å². The third kappa shape index (κ3) is 3.06. The van der Waals surface area contributed by atoms with E-state index in [1.807, 2.05) is 6.20 Å². The normalized spacial score (nSPS) is 19.1. The van der Waals surface area contributed by atoms with Gasteiger partial charge in [0.1, 0.15) is 0 Å². The van der Waals surface area contributed by atoms with E-state index in [-0.39, 0.29) is 0 Å². The average molecular weight is 222 g/mol. The number of hydrogen-bond acceptors (Lipinski definition) is 3. The highest BCUT2D eigenvalue weighted by molar-refractivity contribution is 5.13. The van der Waals surface area contributed by atoms with E-state index in [2.05, 4.69) is 34.3 Å². The molecule has 4 heteroatoms. The van der Waals surface area contributed by atoms with Crippen LogP contribution in [0, 0.1) is 6.92 Å². The molecule has 1 aliphatic heterocycles. The Morgan fingerprint density at radius 1 is 1.50 bits per heavy atom. The van der Waals surface area contributed by atoms with Crippen LogP contribution in [0.2, 0.25) is 0 Å². The Balaban J connectivity index is 1.71. The zero-order valence-electron chi connectivity index (χ0n) is 10.3. The molecular weight excluding hydrogens is 200 g/mol. The molecule has 2 rings (SSSR count). The summed E-state index contributed by atoms with van der Waals surface area (Å²) in [5.74, 6) is 0. The molecule has 90 valence electrons. The van der Waals surface area contributed by atoms with Gasteiger partial charge in [-0.1, -0.05) is 0 Å². The van der Waals surface area contributed by atoms with Gasteiger partial charge in [0, 0.05) is 30.4 Å². The highest BCUT2D eigenvalue weighted by atomic mass is 15.2. The van der Waals surface area contributed by atoms with Crippen LogP contribution in [-0.4, -0.2) is 40.8 Å². The van der Waals surface area contributed by atoms with E-state index in [0.29, 0.717) is 6.04 Å². The van der Waals surface area contributed by atoms with Gasteiger partial charge < -0.3 is 10.2 Å². The summed E-state index contributed by atoms with van der Waals surface area (Å²) >= 11 is 0. The van der Waals surface area contributed by atoms with Gasteiger partial charge in [0.25, 0.3) is 0 Å². The fourth-order valence-corrected chi connectivity index (χ4v) is 2.26. The van der Waals surface area contributed by atoms with Gasteiger partial charge in [-0.05, 0) is 39.8 Å². The summed E-state index contributed by atoms with van der Waals surface area (Å²) in [6, 6.07) is 0.549. The molecule has 1 aromatic heterocycles. The molecule has 16 heavy (non-hydrogen) atoms. The van der Waals surface area contributed by atoms with Crippen LogP contribution in [0.25, 0.3) is 0 Å². The zero-order chi connectivity index (χ0) is 11.4. The number of aromatic amines is 1. The predicted molar refractivity (Wildman–Crippen MR) is 65.3 cm³/mol. The van der Waals surface area contributed by atoms with Gasteiger partial charge in [-0.2, -0.15) is 5.10 Å². The van der Waals surface area contributed by atoms with Crippen LogP contribution < -0.4 is 5.32 Å². The van der Waals surface area contributed by atoms with Gasteiger partial charge in [-0.15, -0.1) is 0 Å². The second-order valence-electron chi connectivity index (χ2n) is 4.81. The number of nitrogens with one attached hydrogen (secondary N) is 2. The minimum Gasteiger partial charge on any atom is -0.309 e. The van der Waals surface area contributed by atoms with Crippen LogP contribution in [0.1, 0.15) is 31.0 Å². The smallest absolute Gasteiger partial charge is 0.0535 e. The Morgan fingerprint density at radius 3 is 2.88 bits per heavy atom. The number of nitrogens with zero attached hydrogens (tertiary/aromatic N) is 2. The Kier molecular flexibility index (Phi) is 3.96. The molecule has 1 aliphatic rings. The topological polar surface area (TPSA) is 44.0 Å². The van der Waals surface area contributed by atoms with E-state index in [0.717, 1.165) is 13.1 Å². The van der Waals surface area contributed by atoms with Crippen LogP contribution >= 0.6 is 0 Å². The molecule has 1 aromatic rings. The fourth-order valence-electron chi connectivity index (χ4n) is 2.26. The van der Waals surface area contributed by atoms with E-state index >= 15 is 0 Å². The van der Waals surface area contributed by atoms with Crippen molar-refractivity contribution < 1.29 is 0 Å². The van der Waals surface area contributed by atoms with Crippen molar-refractivity contribution in [3.8, 4) is 0 Å². The van der Waals surface area contributed by atoms with Crippen LogP contribution in [0.4, 0.5) is 0 Å². The number of H-pyrrole nitrogens is 1. The summed E-state index contributed by atoms with van der Waals surface area (Å²) in [5, 5.41) is 10.5. The lowest BCUT2D eigenvalue weighted by Crippen LogP contribution is -2.37. The second-order valence-corrected chi connectivity index (χ2v) is 4.81. The summed E-state index contributed by atoms with van der Waals surface area (Å²) in [5.41, 5.74) is 2.44. The van der Waals surface area contributed by atoms with Gasteiger partial charge >= 0.3 is 0 Å². The summed E-state index contributed by atoms with van der Waals surface area (Å²) < 4.78 is 0. The fraction of sp³-hybridized carbons (Fsp3) is 0.750. The van der Waals surface area contributed by atoms with Crippen LogP contribution in [0.15, 0.2) is 6.20 Å². The largest absolute Gasteiger partial charge is 0.309 e. The van der Waals surface area contributed by atoms with Crippen molar-refractivity contribution in [1.82, 2.24) is 20.4 Å². The number of likely N-dealkylation sites (tertiary alicyclic amines) is 1. The molecule has 0 aliphatic carbocycles. The number of hydrogen-bond donors (Lipinski definition) is 2. The lowest BCUT2D eigenvalue weighted by Gasteiger charge is -2.21. The molecule has 0 saturated carbocycles. The van der Waals surface area contributed by atoms with Crippen LogP contribution in [-0.2, 0) is 6.54 Å². The minimum absolute atomic E-state index is 0.549. The molecule has 0 spiro atoms.